The molecule has 0 saturated heterocycles. The van der Waals surface area contributed by atoms with E-state index in [4.69, 9.17) is 0 Å². The lowest BCUT2D eigenvalue weighted by Crippen LogP contribution is -2.27. The molecule has 1 nitrogen and oxygen atoms in total. The molecular weight excluding hydrogens is 336 g/mol. The number of carbonyl (C=O) groups is 1. The van der Waals surface area contributed by atoms with Gasteiger partial charge in [0.25, 0.3) is 0 Å². The lowest BCUT2D eigenvalue weighted by atomic mass is 9.72. The summed E-state index contributed by atoms with van der Waals surface area (Å²) < 4.78 is 0. The van der Waals surface area contributed by atoms with Gasteiger partial charge in [0.2, 0.25) is 0 Å². The number of hydrogen-bond donors (Lipinski definition) is 0. The topological polar surface area (TPSA) is 17.1 Å². The lowest BCUT2D eigenvalue weighted by molar-refractivity contribution is -0.105. The van der Waals surface area contributed by atoms with Crippen LogP contribution in [0.25, 0.3) is 16.7 Å². The summed E-state index contributed by atoms with van der Waals surface area (Å²) in [7, 11) is 0. The molecule has 0 radical (unpaired) electrons. The van der Waals surface area contributed by atoms with E-state index in [0.29, 0.717) is 0 Å². The summed E-state index contributed by atoms with van der Waals surface area (Å²) in [6.07, 6.45) is 5.92. The summed E-state index contributed by atoms with van der Waals surface area (Å²) in [5.41, 5.74) is 5.53. The van der Waals surface area contributed by atoms with Crippen LogP contribution in [0.15, 0.2) is 89.8 Å². The van der Waals surface area contributed by atoms with Gasteiger partial charge in [-0.2, -0.15) is 0 Å². The predicted octanol–water partition coefficient (Wildman–Crippen LogP) is 6.29. The maximum Gasteiger partial charge on any atom is 0.146 e. The molecule has 0 spiro atoms. The fourth-order valence-corrected chi connectivity index (χ4v) is 4.52. The Labute approximate surface area is 158 Å². The molecule has 0 saturated carbocycles. The third kappa shape index (κ3) is 2.97. The summed E-state index contributed by atoms with van der Waals surface area (Å²) in [4.78, 5) is 12.9. The maximum absolute atomic E-state index is 11.6. The highest BCUT2D eigenvalue weighted by molar-refractivity contribution is 7.10. The first kappa shape index (κ1) is 16.7. The van der Waals surface area contributed by atoms with E-state index in [-0.39, 0.29) is 5.41 Å². The molecule has 26 heavy (non-hydrogen) atoms. The maximum atomic E-state index is 11.6. The van der Waals surface area contributed by atoms with Gasteiger partial charge in [-0.3, -0.25) is 4.79 Å². The number of aldehydes is 1. The second-order valence-corrected chi connectivity index (χ2v) is 7.81. The summed E-state index contributed by atoms with van der Waals surface area (Å²) >= 11 is 1.72. The first-order chi connectivity index (χ1) is 12.7. The van der Waals surface area contributed by atoms with Crippen LogP contribution in [0.2, 0.25) is 0 Å². The standard InChI is InChI=1S/C24H20OS/c1-24(23-8-5-15-26-23)16-21(13-14-22(24)17-25)20-11-9-19(10-12-20)18-6-3-2-4-7-18/h2-15,17H,16H2,1H3. The molecule has 0 bridgehead atoms. The van der Waals surface area contributed by atoms with Crippen molar-refractivity contribution in [1.29, 1.82) is 0 Å². The molecule has 1 aromatic heterocycles. The molecule has 1 aliphatic carbocycles. The van der Waals surface area contributed by atoms with Crippen LogP contribution in [0.1, 0.15) is 23.8 Å². The van der Waals surface area contributed by atoms with Gasteiger partial charge in [0.1, 0.15) is 6.29 Å². The summed E-state index contributed by atoms with van der Waals surface area (Å²) in [6, 6.07) is 23.3. The molecule has 0 aliphatic heterocycles. The Hall–Kier alpha value is -2.71. The van der Waals surface area contributed by atoms with E-state index in [1.807, 2.05) is 12.1 Å². The van der Waals surface area contributed by atoms with Crippen LogP contribution in [0.3, 0.4) is 0 Å². The smallest absolute Gasteiger partial charge is 0.146 e. The highest BCUT2D eigenvalue weighted by Gasteiger charge is 2.35. The van der Waals surface area contributed by atoms with Crippen LogP contribution in [0.5, 0.6) is 0 Å². The van der Waals surface area contributed by atoms with E-state index in [9.17, 15) is 4.79 Å². The van der Waals surface area contributed by atoms with Crippen molar-refractivity contribution in [1.82, 2.24) is 0 Å². The predicted molar refractivity (Wildman–Crippen MR) is 110 cm³/mol. The number of thiophene rings is 1. The molecule has 1 heterocycles. The molecule has 3 aromatic rings. The van der Waals surface area contributed by atoms with E-state index in [1.54, 1.807) is 11.3 Å². The molecule has 1 aliphatic rings. The Kier molecular flexibility index (Phi) is 4.44. The number of allylic oxidation sites excluding steroid dienone is 4. The van der Waals surface area contributed by atoms with E-state index >= 15 is 0 Å². The molecule has 0 N–H and O–H groups in total. The average molecular weight is 356 g/mol. The molecule has 0 amide bonds. The summed E-state index contributed by atoms with van der Waals surface area (Å²) in [5.74, 6) is 0. The van der Waals surface area contributed by atoms with E-state index < -0.39 is 0 Å². The van der Waals surface area contributed by atoms with Crippen LogP contribution in [-0.2, 0) is 10.2 Å². The van der Waals surface area contributed by atoms with Gasteiger partial charge in [-0.25, -0.2) is 0 Å². The van der Waals surface area contributed by atoms with Crippen molar-refractivity contribution in [2.75, 3.05) is 0 Å². The number of hydrogen-bond acceptors (Lipinski definition) is 2. The zero-order valence-corrected chi connectivity index (χ0v) is 15.5. The van der Waals surface area contributed by atoms with E-state index in [0.717, 1.165) is 18.3 Å². The minimum absolute atomic E-state index is 0.252. The van der Waals surface area contributed by atoms with Crippen LogP contribution >= 0.6 is 11.3 Å². The molecule has 1 atom stereocenters. The highest BCUT2D eigenvalue weighted by atomic mass is 32.1. The second kappa shape index (κ2) is 6.89. The van der Waals surface area contributed by atoms with Gasteiger partial charge < -0.3 is 0 Å². The van der Waals surface area contributed by atoms with Gasteiger partial charge >= 0.3 is 0 Å². The van der Waals surface area contributed by atoms with Gasteiger partial charge in [-0.1, -0.05) is 79.7 Å². The SMILES string of the molecule is CC1(c2cccs2)CC(c2ccc(-c3ccccc3)cc2)=CC=C1C=O. The summed E-state index contributed by atoms with van der Waals surface area (Å²) in [5, 5.41) is 2.08. The number of carbonyl (C=O) groups excluding carboxylic acids is 1. The van der Waals surface area contributed by atoms with Crippen molar-refractivity contribution in [2.24, 2.45) is 0 Å². The van der Waals surface area contributed by atoms with Crippen molar-refractivity contribution in [2.45, 2.75) is 18.8 Å². The number of benzene rings is 2. The normalized spacial score (nSPS) is 19.6. The largest absolute Gasteiger partial charge is 0.298 e. The molecule has 0 fully saturated rings. The van der Waals surface area contributed by atoms with Crippen molar-refractivity contribution < 1.29 is 4.79 Å². The molecule has 128 valence electrons. The average Bonchev–Trinajstić information content (AvgIpc) is 3.24. The number of rotatable bonds is 4. The minimum Gasteiger partial charge on any atom is -0.298 e. The zero-order chi connectivity index (χ0) is 18.0. The van der Waals surface area contributed by atoms with Gasteiger partial charge in [0.05, 0.1) is 0 Å². The fourth-order valence-electron chi connectivity index (χ4n) is 3.61. The van der Waals surface area contributed by atoms with E-state index in [2.05, 4.69) is 79.0 Å². The van der Waals surface area contributed by atoms with Crippen molar-refractivity contribution in [3.8, 4) is 11.1 Å². The van der Waals surface area contributed by atoms with Gasteiger partial charge in [-0.05, 0) is 40.1 Å². The van der Waals surface area contributed by atoms with Gasteiger partial charge in [0.15, 0.2) is 0 Å². The van der Waals surface area contributed by atoms with Crippen LogP contribution < -0.4 is 0 Å². The quantitative estimate of drug-likeness (QED) is 0.502. The Morgan fingerprint density at radius 3 is 2.19 bits per heavy atom. The van der Waals surface area contributed by atoms with E-state index in [1.165, 1.54) is 27.1 Å². The zero-order valence-electron chi connectivity index (χ0n) is 14.7. The lowest BCUT2D eigenvalue weighted by Gasteiger charge is -2.33. The Balaban J connectivity index is 1.67. The molecule has 2 aromatic carbocycles. The monoisotopic (exact) mass is 356 g/mol. The molecule has 4 rings (SSSR count). The van der Waals surface area contributed by atoms with Crippen molar-refractivity contribution >= 4 is 23.2 Å². The Morgan fingerprint density at radius 2 is 1.54 bits per heavy atom. The van der Waals surface area contributed by atoms with Gasteiger partial charge in [0, 0.05) is 15.9 Å². The van der Waals surface area contributed by atoms with Gasteiger partial charge in [-0.15, -0.1) is 11.3 Å². The molecule has 2 heteroatoms. The summed E-state index contributed by atoms with van der Waals surface area (Å²) in [6.45, 7) is 2.17. The Bertz CT molecular complexity index is 963. The van der Waals surface area contributed by atoms with Crippen LogP contribution in [0.4, 0.5) is 0 Å². The third-order valence-corrected chi connectivity index (χ3v) is 6.33. The molecular formula is C24H20OS. The van der Waals surface area contributed by atoms with Crippen molar-refractivity contribution in [3.05, 3.63) is 100 Å². The van der Waals surface area contributed by atoms with Crippen molar-refractivity contribution in [3.63, 3.8) is 0 Å². The first-order valence-corrected chi connectivity index (χ1v) is 9.65. The highest BCUT2D eigenvalue weighted by Crippen LogP contribution is 2.44. The second-order valence-electron chi connectivity index (χ2n) is 6.86. The van der Waals surface area contributed by atoms with Crippen LogP contribution in [0, 0.1) is 0 Å². The minimum atomic E-state index is -0.252. The fraction of sp³-hybridized carbons (Fsp3) is 0.125. The Morgan fingerprint density at radius 1 is 0.846 bits per heavy atom. The third-order valence-electron chi connectivity index (χ3n) is 5.20. The molecule has 1 unspecified atom stereocenters. The van der Waals surface area contributed by atoms with Crippen LogP contribution in [-0.4, -0.2) is 6.29 Å². The first-order valence-electron chi connectivity index (χ1n) is 8.77.